The van der Waals surface area contributed by atoms with Crippen LogP contribution in [0.3, 0.4) is 0 Å². The Bertz CT molecular complexity index is 293. The minimum Gasteiger partial charge on any atom is -0.396 e. The molecule has 1 aromatic carbocycles. The summed E-state index contributed by atoms with van der Waals surface area (Å²) < 4.78 is 0. The fourth-order valence-corrected chi connectivity index (χ4v) is 2.24. The summed E-state index contributed by atoms with van der Waals surface area (Å²) in [5, 5.41) is 12.6. The summed E-state index contributed by atoms with van der Waals surface area (Å²) in [5.41, 5.74) is 1.22. The third kappa shape index (κ3) is 3.50. The summed E-state index contributed by atoms with van der Waals surface area (Å²) in [7, 11) is 1.91. The van der Waals surface area contributed by atoms with Gasteiger partial charge in [-0.05, 0) is 24.7 Å². The van der Waals surface area contributed by atoms with Gasteiger partial charge < -0.3 is 10.4 Å². The van der Waals surface area contributed by atoms with Crippen molar-refractivity contribution < 1.29 is 5.11 Å². The van der Waals surface area contributed by atoms with Crippen LogP contribution < -0.4 is 5.32 Å². The van der Waals surface area contributed by atoms with Gasteiger partial charge in [-0.25, -0.2) is 0 Å². The van der Waals surface area contributed by atoms with E-state index in [0.29, 0.717) is 5.75 Å². The number of aliphatic hydroxyl groups is 1. The van der Waals surface area contributed by atoms with Crippen LogP contribution in [0.15, 0.2) is 23.1 Å². The molecule has 0 heterocycles. The zero-order valence-electron chi connectivity index (χ0n) is 8.09. The first-order valence-electron chi connectivity index (χ1n) is 4.44. The van der Waals surface area contributed by atoms with E-state index in [1.165, 1.54) is 5.56 Å². The molecule has 14 heavy (non-hydrogen) atoms. The highest BCUT2D eigenvalue weighted by Gasteiger charge is 2.02. The second-order valence-electron chi connectivity index (χ2n) is 2.85. The molecule has 0 amide bonds. The molecule has 4 heteroatoms. The fourth-order valence-electron chi connectivity index (χ4n) is 1.15. The monoisotopic (exact) mass is 231 g/mol. The highest BCUT2D eigenvalue weighted by Crippen LogP contribution is 2.25. The zero-order valence-corrected chi connectivity index (χ0v) is 9.66. The molecule has 0 saturated carbocycles. The van der Waals surface area contributed by atoms with Gasteiger partial charge in [0.1, 0.15) is 0 Å². The Hall–Kier alpha value is -0.220. The van der Waals surface area contributed by atoms with Crippen molar-refractivity contribution in [1.82, 2.24) is 5.32 Å². The van der Waals surface area contributed by atoms with Crippen LogP contribution in [0.2, 0.25) is 5.02 Å². The van der Waals surface area contributed by atoms with Gasteiger partial charge in [0, 0.05) is 22.2 Å². The maximum absolute atomic E-state index is 8.75. The molecule has 0 fully saturated rings. The number of hydrogen-bond donors (Lipinski definition) is 2. The molecule has 0 saturated heterocycles. The van der Waals surface area contributed by atoms with Crippen molar-refractivity contribution in [2.24, 2.45) is 0 Å². The first-order chi connectivity index (χ1) is 6.77. The molecule has 0 aromatic heterocycles. The van der Waals surface area contributed by atoms with Crippen molar-refractivity contribution in [3.05, 3.63) is 28.8 Å². The third-order valence-electron chi connectivity index (χ3n) is 1.75. The summed E-state index contributed by atoms with van der Waals surface area (Å²) in [6, 6.07) is 5.84. The first-order valence-corrected chi connectivity index (χ1v) is 5.81. The molecule has 1 rings (SSSR count). The number of nitrogens with one attached hydrogen (secondary N) is 1. The molecule has 0 spiro atoms. The number of hydrogen-bond acceptors (Lipinski definition) is 3. The van der Waals surface area contributed by atoms with Gasteiger partial charge >= 0.3 is 0 Å². The molecule has 0 radical (unpaired) electrons. The Morgan fingerprint density at radius 2 is 2.29 bits per heavy atom. The maximum atomic E-state index is 8.75. The minimum atomic E-state index is 0.191. The van der Waals surface area contributed by atoms with Crippen molar-refractivity contribution in [2.75, 3.05) is 19.4 Å². The van der Waals surface area contributed by atoms with Crippen molar-refractivity contribution >= 4 is 23.4 Å². The summed E-state index contributed by atoms with van der Waals surface area (Å²) in [6.07, 6.45) is 0. The lowest BCUT2D eigenvalue weighted by Gasteiger charge is -2.08. The maximum Gasteiger partial charge on any atom is 0.0525 e. The normalized spacial score (nSPS) is 10.5. The van der Waals surface area contributed by atoms with E-state index >= 15 is 0 Å². The van der Waals surface area contributed by atoms with Crippen molar-refractivity contribution in [3.8, 4) is 0 Å². The molecule has 0 aliphatic rings. The summed E-state index contributed by atoms with van der Waals surface area (Å²) in [6.45, 7) is 1.01. The van der Waals surface area contributed by atoms with Gasteiger partial charge in [0.15, 0.2) is 0 Å². The molecule has 1 aromatic rings. The highest BCUT2D eigenvalue weighted by atomic mass is 35.5. The molecule has 78 valence electrons. The standard InChI is InChI=1S/C10H14ClNOS/c1-12-7-8-2-3-9(11)6-10(8)14-5-4-13/h2-3,6,12-13H,4-5,7H2,1H3. The second kappa shape index (κ2) is 6.30. The predicted molar refractivity (Wildman–Crippen MR) is 62.0 cm³/mol. The topological polar surface area (TPSA) is 32.3 Å². The smallest absolute Gasteiger partial charge is 0.0525 e. The van der Waals surface area contributed by atoms with Crippen LogP contribution >= 0.6 is 23.4 Å². The van der Waals surface area contributed by atoms with Crippen molar-refractivity contribution in [1.29, 1.82) is 0 Å². The molecule has 0 unspecified atom stereocenters. The number of thioether (sulfide) groups is 1. The van der Waals surface area contributed by atoms with Crippen molar-refractivity contribution in [2.45, 2.75) is 11.4 Å². The Morgan fingerprint density at radius 3 is 2.93 bits per heavy atom. The Kier molecular flexibility index (Phi) is 5.33. The lowest BCUT2D eigenvalue weighted by molar-refractivity contribution is 0.322. The van der Waals surface area contributed by atoms with E-state index in [4.69, 9.17) is 16.7 Å². The number of aliphatic hydroxyl groups excluding tert-OH is 1. The number of halogens is 1. The molecule has 2 N–H and O–H groups in total. The quantitative estimate of drug-likeness (QED) is 0.762. The molecule has 0 bridgehead atoms. The summed E-state index contributed by atoms with van der Waals surface area (Å²) in [5.74, 6) is 0.705. The van der Waals surface area contributed by atoms with E-state index in [1.807, 2.05) is 25.2 Å². The van der Waals surface area contributed by atoms with Crippen LogP contribution in [0.4, 0.5) is 0 Å². The highest BCUT2D eigenvalue weighted by molar-refractivity contribution is 7.99. The van der Waals surface area contributed by atoms with E-state index in [0.717, 1.165) is 16.5 Å². The summed E-state index contributed by atoms with van der Waals surface area (Å²) in [4.78, 5) is 1.14. The SMILES string of the molecule is CNCc1ccc(Cl)cc1SCCO. The van der Waals surface area contributed by atoms with Gasteiger partial charge in [-0.15, -0.1) is 11.8 Å². The second-order valence-corrected chi connectivity index (χ2v) is 4.43. The van der Waals surface area contributed by atoms with E-state index in [1.54, 1.807) is 11.8 Å². The van der Waals surface area contributed by atoms with Crippen LogP contribution in [-0.2, 0) is 6.54 Å². The Labute approximate surface area is 93.7 Å². The van der Waals surface area contributed by atoms with Crippen LogP contribution in [0.25, 0.3) is 0 Å². The molecule has 0 aliphatic carbocycles. The minimum absolute atomic E-state index is 0.191. The number of benzene rings is 1. The first kappa shape index (κ1) is 11.9. The van der Waals surface area contributed by atoms with Gasteiger partial charge in [-0.2, -0.15) is 0 Å². The van der Waals surface area contributed by atoms with Gasteiger partial charge in [0.25, 0.3) is 0 Å². The third-order valence-corrected chi connectivity index (χ3v) is 3.06. The molecular weight excluding hydrogens is 218 g/mol. The Morgan fingerprint density at radius 1 is 1.50 bits per heavy atom. The average molecular weight is 232 g/mol. The lowest BCUT2D eigenvalue weighted by Crippen LogP contribution is -2.06. The van der Waals surface area contributed by atoms with Gasteiger partial charge in [-0.1, -0.05) is 17.7 Å². The molecular formula is C10H14ClNOS. The largest absolute Gasteiger partial charge is 0.396 e. The van der Waals surface area contributed by atoms with E-state index in [2.05, 4.69) is 5.32 Å². The van der Waals surface area contributed by atoms with Gasteiger partial charge in [0.2, 0.25) is 0 Å². The van der Waals surface area contributed by atoms with Gasteiger partial charge in [-0.3, -0.25) is 0 Å². The van der Waals surface area contributed by atoms with Crippen LogP contribution in [0.5, 0.6) is 0 Å². The Balaban J connectivity index is 2.79. The van der Waals surface area contributed by atoms with E-state index in [9.17, 15) is 0 Å². The lowest BCUT2D eigenvalue weighted by atomic mass is 10.2. The molecule has 0 atom stereocenters. The molecule has 0 aliphatic heterocycles. The van der Waals surface area contributed by atoms with Crippen LogP contribution in [-0.4, -0.2) is 24.5 Å². The average Bonchev–Trinajstić information content (AvgIpc) is 2.18. The predicted octanol–water partition coefficient (Wildman–Crippen LogP) is 2.14. The van der Waals surface area contributed by atoms with Crippen LogP contribution in [0, 0.1) is 0 Å². The van der Waals surface area contributed by atoms with E-state index in [-0.39, 0.29) is 6.61 Å². The van der Waals surface area contributed by atoms with E-state index < -0.39 is 0 Å². The summed E-state index contributed by atoms with van der Waals surface area (Å²) >= 11 is 7.53. The van der Waals surface area contributed by atoms with Gasteiger partial charge in [0.05, 0.1) is 6.61 Å². The number of rotatable bonds is 5. The zero-order chi connectivity index (χ0) is 10.4. The fraction of sp³-hybridized carbons (Fsp3) is 0.400. The van der Waals surface area contributed by atoms with Crippen molar-refractivity contribution in [3.63, 3.8) is 0 Å². The molecule has 2 nitrogen and oxygen atoms in total. The van der Waals surface area contributed by atoms with Crippen LogP contribution in [0.1, 0.15) is 5.56 Å².